The summed E-state index contributed by atoms with van der Waals surface area (Å²) in [4.78, 5) is 13.3. The van der Waals surface area contributed by atoms with Crippen LogP contribution in [0.1, 0.15) is 62.5 Å². The molecule has 0 heterocycles. The molecule has 3 heteroatoms. The highest BCUT2D eigenvalue weighted by Gasteiger charge is 2.37. The van der Waals surface area contributed by atoms with Gasteiger partial charge in [0.1, 0.15) is 11.6 Å². The normalized spacial score (nSPS) is 27.9. The Morgan fingerprint density at radius 3 is 2.29 bits per heavy atom. The van der Waals surface area contributed by atoms with Crippen molar-refractivity contribution in [2.24, 2.45) is 11.8 Å². The summed E-state index contributed by atoms with van der Waals surface area (Å²) in [6.07, 6.45) is 6.00. The van der Waals surface area contributed by atoms with Gasteiger partial charge in [-0.15, -0.1) is 0 Å². The van der Waals surface area contributed by atoms with Crippen molar-refractivity contribution in [3.05, 3.63) is 59.4 Å². The molecule has 28 heavy (non-hydrogen) atoms. The molecule has 3 saturated carbocycles. The van der Waals surface area contributed by atoms with E-state index >= 15 is 0 Å². The Balaban J connectivity index is 1.75. The van der Waals surface area contributed by atoms with Crippen LogP contribution in [0.15, 0.2) is 42.5 Å². The SMILES string of the molecule is CCc1ccc(-c2ccc(F)cc2)cc1C1C(=O)CC2CCC(CC2)CC1O. The first-order valence-corrected chi connectivity index (χ1v) is 10.6. The molecule has 3 fully saturated rings. The van der Waals surface area contributed by atoms with E-state index in [0.717, 1.165) is 54.4 Å². The second-order valence-corrected chi connectivity index (χ2v) is 8.61. The van der Waals surface area contributed by atoms with Crippen LogP contribution in [-0.2, 0) is 11.2 Å². The summed E-state index contributed by atoms with van der Waals surface area (Å²) < 4.78 is 13.3. The number of hydrogen-bond acceptors (Lipinski definition) is 2. The minimum Gasteiger partial charge on any atom is -0.392 e. The van der Waals surface area contributed by atoms with Crippen molar-refractivity contribution < 1.29 is 14.3 Å². The molecule has 2 unspecified atom stereocenters. The van der Waals surface area contributed by atoms with E-state index in [1.54, 1.807) is 12.1 Å². The molecule has 0 aromatic heterocycles. The number of aliphatic hydroxyl groups excluding tert-OH is 1. The Kier molecular flexibility index (Phi) is 5.63. The molecular weight excluding hydrogens is 351 g/mol. The molecule has 0 spiro atoms. The van der Waals surface area contributed by atoms with Crippen LogP contribution in [0.3, 0.4) is 0 Å². The minimum absolute atomic E-state index is 0.186. The lowest BCUT2D eigenvalue weighted by molar-refractivity contribution is -0.123. The van der Waals surface area contributed by atoms with Gasteiger partial charge in [-0.1, -0.05) is 50.1 Å². The number of ketones is 1. The van der Waals surface area contributed by atoms with Gasteiger partial charge in [0.25, 0.3) is 0 Å². The standard InChI is InChI=1S/C25H29FO2/c1-2-18-7-8-20(19-9-11-21(26)12-10-19)15-22(18)25-23(27)13-16-3-4-17(6-5-16)14-24(25)28/h7-12,15-17,23,25,27H,2-6,13-14H2,1H3. The predicted molar refractivity (Wildman–Crippen MR) is 110 cm³/mol. The molecule has 2 nitrogen and oxygen atoms in total. The predicted octanol–water partition coefficient (Wildman–Crippen LogP) is 5.67. The topological polar surface area (TPSA) is 37.3 Å². The third-order valence-corrected chi connectivity index (χ3v) is 6.80. The van der Waals surface area contributed by atoms with Crippen molar-refractivity contribution in [2.75, 3.05) is 0 Å². The fourth-order valence-corrected chi connectivity index (χ4v) is 5.18. The van der Waals surface area contributed by atoms with Crippen LogP contribution in [0.25, 0.3) is 11.1 Å². The fraction of sp³-hybridized carbons (Fsp3) is 0.480. The summed E-state index contributed by atoms with van der Waals surface area (Å²) in [5.41, 5.74) is 3.98. The monoisotopic (exact) mass is 380 g/mol. The van der Waals surface area contributed by atoms with E-state index < -0.39 is 12.0 Å². The van der Waals surface area contributed by atoms with Crippen molar-refractivity contribution in [2.45, 2.75) is 63.9 Å². The van der Waals surface area contributed by atoms with Gasteiger partial charge in [0, 0.05) is 6.42 Å². The lowest BCUT2D eigenvalue weighted by Gasteiger charge is -2.27. The summed E-state index contributed by atoms with van der Waals surface area (Å²) in [6.45, 7) is 2.09. The van der Waals surface area contributed by atoms with Crippen LogP contribution in [-0.4, -0.2) is 17.0 Å². The molecule has 3 aliphatic carbocycles. The van der Waals surface area contributed by atoms with E-state index in [0.29, 0.717) is 24.7 Å². The van der Waals surface area contributed by atoms with Gasteiger partial charge in [0.15, 0.2) is 0 Å². The van der Waals surface area contributed by atoms with E-state index in [9.17, 15) is 14.3 Å². The maximum atomic E-state index is 13.3. The lowest BCUT2D eigenvalue weighted by atomic mass is 9.79. The number of aryl methyl sites for hydroxylation is 1. The summed E-state index contributed by atoms with van der Waals surface area (Å²) in [7, 11) is 0. The summed E-state index contributed by atoms with van der Waals surface area (Å²) in [5.74, 6) is 0.487. The number of Topliss-reactive ketones (excluding diaryl/α,β-unsaturated/α-hetero) is 1. The highest BCUT2D eigenvalue weighted by atomic mass is 19.1. The van der Waals surface area contributed by atoms with Gasteiger partial charge >= 0.3 is 0 Å². The average Bonchev–Trinajstić information content (AvgIpc) is 2.79. The summed E-state index contributed by atoms with van der Waals surface area (Å²) in [6, 6.07) is 12.6. The van der Waals surface area contributed by atoms with Crippen LogP contribution >= 0.6 is 0 Å². The number of carbonyl (C=O) groups is 1. The van der Waals surface area contributed by atoms with Crippen LogP contribution in [0.2, 0.25) is 0 Å². The minimum atomic E-state index is -0.622. The molecular formula is C25H29FO2. The van der Waals surface area contributed by atoms with Crippen LogP contribution in [0, 0.1) is 17.7 Å². The third-order valence-electron chi connectivity index (χ3n) is 6.80. The molecule has 5 rings (SSSR count). The number of aliphatic hydroxyl groups is 1. The Morgan fingerprint density at radius 1 is 0.964 bits per heavy atom. The van der Waals surface area contributed by atoms with Gasteiger partial charge in [-0.3, -0.25) is 4.79 Å². The van der Waals surface area contributed by atoms with Crippen molar-refractivity contribution in [3.63, 3.8) is 0 Å². The van der Waals surface area contributed by atoms with Gasteiger partial charge in [-0.25, -0.2) is 4.39 Å². The maximum absolute atomic E-state index is 13.3. The smallest absolute Gasteiger partial charge is 0.143 e. The summed E-state index contributed by atoms with van der Waals surface area (Å²) in [5, 5.41) is 11.1. The zero-order valence-corrected chi connectivity index (χ0v) is 16.5. The number of halogens is 1. The Morgan fingerprint density at radius 2 is 1.61 bits per heavy atom. The molecule has 2 aromatic rings. The van der Waals surface area contributed by atoms with Crippen molar-refractivity contribution in [1.29, 1.82) is 0 Å². The molecule has 148 valence electrons. The number of rotatable bonds is 3. The van der Waals surface area contributed by atoms with E-state index in [1.165, 1.54) is 12.1 Å². The summed E-state index contributed by atoms with van der Waals surface area (Å²) >= 11 is 0. The second-order valence-electron chi connectivity index (χ2n) is 8.61. The molecule has 0 aliphatic heterocycles. The van der Waals surface area contributed by atoms with Crippen molar-refractivity contribution in [1.82, 2.24) is 0 Å². The van der Waals surface area contributed by atoms with Crippen LogP contribution < -0.4 is 0 Å². The van der Waals surface area contributed by atoms with Gasteiger partial charge < -0.3 is 5.11 Å². The highest BCUT2D eigenvalue weighted by Crippen LogP contribution is 2.41. The van der Waals surface area contributed by atoms with Gasteiger partial charge in [-0.05, 0) is 71.9 Å². The number of hydrogen-bond donors (Lipinski definition) is 1. The number of fused-ring (bicyclic) bond motifs is 6. The molecule has 2 atom stereocenters. The Hall–Kier alpha value is -2.00. The van der Waals surface area contributed by atoms with E-state index in [-0.39, 0.29) is 11.6 Å². The van der Waals surface area contributed by atoms with Crippen LogP contribution in [0.5, 0.6) is 0 Å². The number of carbonyl (C=O) groups excluding carboxylic acids is 1. The first-order valence-electron chi connectivity index (χ1n) is 10.6. The second kappa shape index (κ2) is 8.16. The zero-order valence-electron chi connectivity index (χ0n) is 16.5. The first kappa shape index (κ1) is 19.3. The lowest BCUT2D eigenvalue weighted by Crippen LogP contribution is -2.28. The van der Waals surface area contributed by atoms with Gasteiger partial charge in [0.2, 0.25) is 0 Å². The molecule has 2 bridgehead atoms. The average molecular weight is 381 g/mol. The molecule has 3 aliphatic rings. The number of benzene rings is 2. The quantitative estimate of drug-likeness (QED) is 0.745. The van der Waals surface area contributed by atoms with Crippen molar-refractivity contribution >= 4 is 5.78 Å². The molecule has 0 amide bonds. The molecule has 0 radical (unpaired) electrons. The molecule has 2 aromatic carbocycles. The van der Waals surface area contributed by atoms with Gasteiger partial charge in [-0.2, -0.15) is 0 Å². The fourth-order valence-electron chi connectivity index (χ4n) is 5.18. The maximum Gasteiger partial charge on any atom is 0.143 e. The van der Waals surface area contributed by atoms with E-state index in [2.05, 4.69) is 19.1 Å². The Labute approximate surface area is 166 Å². The van der Waals surface area contributed by atoms with E-state index in [1.807, 2.05) is 6.07 Å². The first-order chi connectivity index (χ1) is 13.5. The largest absolute Gasteiger partial charge is 0.392 e. The third kappa shape index (κ3) is 3.91. The zero-order chi connectivity index (χ0) is 19.7. The van der Waals surface area contributed by atoms with E-state index in [4.69, 9.17) is 0 Å². The van der Waals surface area contributed by atoms with Crippen molar-refractivity contribution in [3.8, 4) is 11.1 Å². The molecule has 1 N–H and O–H groups in total. The van der Waals surface area contributed by atoms with Gasteiger partial charge in [0.05, 0.1) is 12.0 Å². The molecule has 0 saturated heterocycles. The highest BCUT2D eigenvalue weighted by molar-refractivity contribution is 5.87. The van der Waals surface area contributed by atoms with Crippen LogP contribution in [0.4, 0.5) is 4.39 Å². The Bertz CT molecular complexity index is 834.